The molecule has 1 aliphatic heterocycles. The van der Waals surface area contributed by atoms with Crippen LogP contribution in [-0.4, -0.2) is 18.3 Å². The molecule has 1 fully saturated rings. The highest BCUT2D eigenvalue weighted by molar-refractivity contribution is 6.64. The van der Waals surface area contributed by atoms with Gasteiger partial charge in [0, 0.05) is 5.39 Å². The van der Waals surface area contributed by atoms with Crippen LogP contribution in [0, 0.1) is 5.82 Å². The molecule has 0 N–H and O–H groups in total. The molecule has 2 heterocycles. The van der Waals surface area contributed by atoms with Gasteiger partial charge in [0.15, 0.2) is 0 Å². The van der Waals surface area contributed by atoms with Crippen molar-refractivity contribution in [2.24, 2.45) is 0 Å². The van der Waals surface area contributed by atoms with Crippen molar-refractivity contribution in [1.29, 1.82) is 0 Å². The van der Waals surface area contributed by atoms with Crippen molar-refractivity contribution in [3.63, 3.8) is 0 Å². The average Bonchev–Trinajstić information content (AvgIpc) is 2.81. The summed E-state index contributed by atoms with van der Waals surface area (Å²) in [6.07, 6.45) is 1.54. The third-order valence-electron chi connectivity index (χ3n) is 4.10. The molecule has 0 amide bonds. The fourth-order valence-electron chi connectivity index (χ4n) is 2.21. The molecular weight excluding hydrogens is 246 g/mol. The second-order valence-electron chi connectivity index (χ2n) is 5.89. The van der Waals surface area contributed by atoms with Crippen LogP contribution in [0.25, 0.3) is 11.0 Å². The van der Waals surface area contributed by atoms with Crippen LogP contribution in [-0.2, 0) is 9.31 Å². The summed E-state index contributed by atoms with van der Waals surface area (Å²) in [4.78, 5) is 0. The van der Waals surface area contributed by atoms with E-state index in [-0.39, 0.29) is 5.82 Å². The smallest absolute Gasteiger partial charge is 0.465 e. The van der Waals surface area contributed by atoms with E-state index in [2.05, 4.69) is 0 Å². The molecule has 0 atom stereocenters. The summed E-state index contributed by atoms with van der Waals surface area (Å²) in [6.45, 7) is 7.75. The normalized spacial score (nSPS) is 21.2. The minimum absolute atomic E-state index is 0.334. The molecule has 1 aromatic carbocycles. The molecule has 3 nitrogen and oxygen atoms in total. The molecule has 0 saturated carbocycles. The van der Waals surface area contributed by atoms with E-state index in [4.69, 9.17) is 13.7 Å². The molecule has 19 heavy (non-hydrogen) atoms. The fourth-order valence-corrected chi connectivity index (χ4v) is 2.21. The predicted molar refractivity (Wildman–Crippen MR) is 71.9 cm³/mol. The molecule has 1 aliphatic rings. The molecule has 0 aliphatic carbocycles. The molecule has 1 aromatic heterocycles. The number of halogens is 1. The molecule has 0 radical (unpaired) electrons. The summed E-state index contributed by atoms with van der Waals surface area (Å²) < 4.78 is 31.3. The number of benzene rings is 1. The summed E-state index contributed by atoms with van der Waals surface area (Å²) in [5, 5.41) is 0.839. The number of hydrogen-bond acceptors (Lipinski definition) is 3. The first-order valence-electron chi connectivity index (χ1n) is 6.33. The van der Waals surface area contributed by atoms with Crippen LogP contribution >= 0.6 is 0 Å². The standard InChI is InChI=1S/C14H16BFO3/c1-13(2)14(3,4)19-15(18-13)11-10(16)6-5-9-7-8-17-12(9)11/h5-8H,1-4H3. The van der Waals surface area contributed by atoms with Gasteiger partial charge in [-0.05, 0) is 45.9 Å². The van der Waals surface area contributed by atoms with E-state index >= 15 is 0 Å². The zero-order valence-electron chi connectivity index (χ0n) is 11.5. The number of furan rings is 1. The Hall–Kier alpha value is -1.33. The van der Waals surface area contributed by atoms with Crippen LogP contribution in [0.2, 0.25) is 0 Å². The Morgan fingerprint density at radius 3 is 2.26 bits per heavy atom. The van der Waals surface area contributed by atoms with E-state index in [0.29, 0.717) is 11.0 Å². The lowest BCUT2D eigenvalue weighted by Crippen LogP contribution is -2.41. The number of rotatable bonds is 1. The molecule has 5 heteroatoms. The molecule has 0 bridgehead atoms. The predicted octanol–water partition coefficient (Wildman–Crippen LogP) is 2.87. The lowest BCUT2D eigenvalue weighted by molar-refractivity contribution is 0.00578. The number of hydrogen-bond donors (Lipinski definition) is 0. The maximum absolute atomic E-state index is 14.1. The van der Waals surface area contributed by atoms with Crippen molar-refractivity contribution in [1.82, 2.24) is 0 Å². The average molecular weight is 262 g/mol. The Labute approximate surface area is 111 Å². The van der Waals surface area contributed by atoms with E-state index < -0.39 is 18.3 Å². The molecule has 3 rings (SSSR count). The first-order chi connectivity index (χ1) is 8.82. The maximum Gasteiger partial charge on any atom is 0.501 e. The van der Waals surface area contributed by atoms with Gasteiger partial charge in [-0.2, -0.15) is 0 Å². The first kappa shape index (κ1) is 12.7. The van der Waals surface area contributed by atoms with Gasteiger partial charge in [-0.3, -0.25) is 0 Å². The summed E-state index contributed by atoms with van der Waals surface area (Å²) in [5.74, 6) is -0.374. The van der Waals surface area contributed by atoms with Gasteiger partial charge in [-0.15, -0.1) is 0 Å². The van der Waals surface area contributed by atoms with Crippen LogP contribution in [0.15, 0.2) is 28.9 Å². The molecule has 2 aromatic rings. The first-order valence-corrected chi connectivity index (χ1v) is 6.33. The van der Waals surface area contributed by atoms with Gasteiger partial charge in [0.05, 0.1) is 22.9 Å². The van der Waals surface area contributed by atoms with Crippen molar-refractivity contribution >= 4 is 23.6 Å². The molecule has 0 spiro atoms. The van der Waals surface area contributed by atoms with Crippen molar-refractivity contribution in [2.45, 2.75) is 38.9 Å². The third kappa shape index (κ3) is 1.80. The second kappa shape index (κ2) is 3.84. The van der Waals surface area contributed by atoms with E-state index in [1.807, 2.05) is 27.7 Å². The van der Waals surface area contributed by atoms with Crippen molar-refractivity contribution in [2.75, 3.05) is 0 Å². The topological polar surface area (TPSA) is 31.6 Å². The summed E-state index contributed by atoms with van der Waals surface area (Å²) >= 11 is 0. The van der Waals surface area contributed by atoms with Crippen LogP contribution in [0.5, 0.6) is 0 Å². The zero-order valence-corrected chi connectivity index (χ0v) is 11.5. The van der Waals surface area contributed by atoms with E-state index in [9.17, 15) is 4.39 Å². The monoisotopic (exact) mass is 262 g/mol. The second-order valence-corrected chi connectivity index (χ2v) is 5.89. The fraction of sp³-hybridized carbons (Fsp3) is 0.429. The lowest BCUT2D eigenvalue weighted by Gasteiger charge is -2.32. The van der Waals surface area contributed by atoms with Crippen LogP contribution < -0.4 is 5.46 Å². The van der Waals surface area contributed by atoms with E-state index in [1.54, 1.807) is 18.4 Å². The van der Waals surface area contributed by atoms with E-state index in [0.717, 1.165) is 5.39 Å². The van der Waals surface area contributed by atoms with Crippen molar-refractivity contribution in [3.05, 3.63) is 30.3 Å². The van der Waals surface area contributed by atoms with Crippen molar-refractivity contribution < 1.29 is 18.1 Å². The maximum atomic E-state index is 14.1. The van der Waals surface area contributed by atoms with Gasteiger partial charge in [0.1, 0.15) is 11.4 Å². The Bertz CT molecular complexity index is 617. The quantitative estimate of drug-likeness (QED) is 0.740. The highest BCUT2D eigenvalue weighted by atomic mass is 19.1. The van der Waals surface area contributed by atoms with Gasteiger partial charge in [0.25, 0.3) is 0 Å². The van der Waals surface area contributed by atoms with Crippen molar-refractivity contribution in [3.8, 4) is 0 Å². The van der Waals surface area contributed by atoms with Gasteiger partial charge in [-0.25, -0.2) is 4.39 Å². The Balaban J connectivity index is 2.12. The Morgan fingerprint density at radius 2 is 1.63 bits per heavy atom. The van der Waals surface area contributed by atoms with Gasteiger partial charge in [-0.1, -0.05) is 0 Å². The highest BCUT2D eigenvalue weighted by Crippen LogP contribution is 2.37. The molecule has 0 unspecified atom stereocenters. The molecule has 1 saturated heterocycles. The lowest BCUT2D eigenvalue weighted by atomic mass is 9.77. The zero-order chi connectivity index (χ0) is 13.8. The highest BCUT2D eigenvalue weighted by Gasteiger charge is 2.53. The minimum Gasteiger partial charge on any atom is -0.465 e. The number of fused-ring (bicyclic) bond motifs is 1. The molecular formula is C14H16BFO3. The summed E-state index contributed by atoms with van der Waals surface area (Å²) in [7, 11) is -0.750. The Morgan fingerprint density at radius 1 is 1.00 bits per heavy atom. The van der Waals surface area contributed by atoms with Gasteiger partial charge < -0.3 is 13.7 Å². The van der Waals surface area contributed by atoms with Crippen LogP contribution in [0.1, 0.15) is 27.7 Å². The largest absolute Gasteiger partial charge is 0.501 e. The van der Waals surface area contributed by atoms with E-state index in [1.165, 1.54) is 6.07 Å². The summed E-state index contributed by atoms with van der Waals surface area (Å²) in [5.41, 5.74) is -0.183. The molecule has 100 valence electrons. The van der Waals surface area contributed by atoms with Crippen LogP contribution in [0.3, 0.4) is 0 Å². The Kier molecular flexibility index (Phi) is 2.56. The SMILES string of the molecule is CC1(C)OB(c2c(F)ccc3ccoc23)OC1(C)C. The van der Waals surface area contributed by atoms with Crippen LogP contribution in [0.4, 0.5) is 4.39 Å². The van der Waals surface area contributed by atoms with Gasteiger partial charge in [0.2, 0.25) is 0 Å². The minimum atomic E-state index is -0.750. The van der Waals surface area contributed by atoms with Gasteiger partial charge >= 0.3 is 7.12 Å². The summed E-state index contributed by atoms with van der Waals surface area (Å²) in [6, 6.07) is 4.89. The third-order valence-corrected chi connectivity index (χ3v) is 4.10.